The molecule has 1 aliphatic carbocycles. The lowest BCUT2D eigenvalue weighted by atomic mass is 9.95. The number of benzene rings is 1. The highest BCUT2D eigenvalue weighted by atomic mass is 16.6. The van der Waals surface area contributed by atoms with Gasteiger partial charge in [0.25, 0.3) is 0 Å². The molecule has 8 nitrogen and oxygen atoms in total. The molecule has 8 heteroatoms. The summed E-state index contributed by atoms with van der Waals surface area (Å²) in [6, 6.07) is 3.92. The molecule has 1 fully saturated rings. The van der Waals surface area contributed by atoms with Crippen LogP contribution in [0, 0.1) is 10.1 Å². The fourth-order valence-electron chi connectivity index (χ4n) is 2.17. The predicted molar refractivity (Wildman–Crippen MR) is 73.8 cm³/mol. The van der Waals surface area contributed by atoms with Gasteiger partial charge < -0.3 is 14.6 Å². The van der Waals surface area contributed by atoms with E-state index < -0.39 is 28.9 Å². The van der Waals surface area contributed by atoms with Gasteiger partial charge in [0, 0.05) is 6.07 Å². The Morgan fingerprint density at radius 1 is 1.41 bits per heavy atom. The molecule has 0 atom stereocenters. The molecule has 0 amide bonds. The van der Waals surface area contributed by atoms with Gasteiger partial charge in [-0.1, -0.05) is 6.07 Å². The number of hydrogen-bond acceptors (Lipinski definition) is 6. The summed E-state index contributed by atoms with van der Waals surface area (Å²) in [5.74, 6) is -1.76. The van der Waals surface area contributed by atoms with Gasteiger partial charge in [0.15, 0.2) is 12.4 Å². The molecule has 118 valence electrons. The van der Waals surface area contributed by atoms with E-state index in [-0.39, 0.29) is 18.0 Å². The van der Waals surface area contributed by atoms with Crippen LogP contribution in [0.3, 0.4) is 0 Å². The van der Waals surface area contributed by atoms with E-state index in [1.54, 1.807) is 6.92 Å². The fourth-order valence-corrected chi connectivity index (χ4v) is 2.17. The first-order valence-electron chi connectivity index (χ1n) is 6.71. The third kappa shape index (κ3) is 3.00. The van der Waals surface area contributed by atoms with Crippen molar-refractivity contribution in [2.45, 2.75) is 25.2 Å². The van der Waals surface area contributed by atoms with Crippen LogP contribution >= 0.6 is 0 Å². The smallest absolute Gasteiger partial charge is 0.344 e. The van der Waals surface area contributed by atoms with E-state index in [0.717, 1.165) is 0 Å². The zero-order valence-corrected chi connectivity index (χ0v) is 11.9. The number of hydrogen-bond donors (Lipinski definition) is 1. The number of carboxylic acid groups (broad SMARTS) is 1. The van der Waals surface area contributed by atoms with Crippen LogP contribution in [0.4, 0.5) is 5.69 Å². The largest absolute Gasteiger partial charge is 0.481 e. The van der Waals surface area contributed by atoms with Gasteiger partial charge in [0.2, 0.25) is 0 Å². The summed E-state index contributed by atoms with van der Waals surface area (Å²) < 4.78 is 9.83. The van der Waals surface area contributed by atoms with Crippen LogP contribution in [0.5, 0.6) is 5.75 Å². The van der Waals surface area contributed by atoms with Crippen LogP contribution in [0.2, 0.25) is 0 Å². The zero-order chi connectivity index (χ0) is 16.3. The molecule has 0 aliphatic heterocycles. The number of carbonyl (C=O) groups is 2. The second-order valence-corrected chi connectivity index (χ2v) is 4.92. The highest BCUT2D eigenvalue weighted by molar-refractivity contribution is 5.85. The van der Waals surface area contributed by atoms with Gasteiger partial charge in [-0.25, -0.2) is 4.79 Å². The molecule has 1 saturated carbocycles. The summed E-state index contributed by atoms with van der Waals surface area (Å²) in [5.41, 5.74) is -0.893. The Kier molecular flexibility index (Phi) is 4.30. The van der Waals surface area contributed by atoms with E-state index in [9.17, 15) is 24.8 Å². The van der Waals surface area contributed by atoms with Gasteiger partial charge in [0.05, 0.1) is 16.9 Å². The average Bonchev–Trinajstić information content (AvgIpc) is 3.26. The second kappa shape index (κ2) is 6.00. The van der Waals surface area contributed by atoms with Crippen LogP contribution < -0.4 is 4.74 Å². The van der Waals surface area contributed by atoms with Crippen molar-refractivity contribution >= 4 is 17.6 Å². The maximum atomic E-state index is 11.3. The lowest BCUT2D eigenvalue weighted by Gasteiger charge is -2.12. The maximum absolute atomic E-state index is 11.3. The Labute approximate surface area is 125 Å². The fraction of sp³-hybridized carbons (Fsp3) is 0.429. The van der Waals surface area contributed by atoms with Crippen molar-refractivity contribution in [1.82, 2.24) is 0 Å². The minimum Gasteiger partial charge on any atom is -0.481 e. The van der Waals surface area contributed by atoms with Crippen LogP contribution in [0.1, 0.15) is 25.3 Å². The lowest BCUT2D eigenvalue weighted by molar-refractivity contribution is -0.385. The number of carboxylic acids is 1. The average molecular weight is 309 g/mol. The Morgan fingerprint density at radius 2 is 2.09 bits per heavy atom. The van der Waals surface area contributed by atoms with Crippen molar-refractivity contribution in [3.63, 3.8) is 0 Å². The molecule has 0 aromatic heterocycles. The van der Waals surface area contributed by atoms with E-state index in [0.29, 0.717) is 18.4 Å². The number of nitrogens with zero attached hydrogens (tertiary/aromatic N) is 1. The first-order valence-corrected chi connectivity index (χ1v) is 6.71. The Morgan fingerprint density at radius 3 is 2.59 bits per heavy atom. The summed E-state index contributed by atoms with van der Waals surface area (Å²) in [5, 5.41) is 20.3. The molecule has 0 spiro atoms. The Balaban J connectivity index is 2.27. The molecule has 1 aromatic rings. The maximum Gasteiger partial charge on any atom is 0.344 e. The molecule has 2 rings (SSSR count). The number of ether oxygens (including phenoxy) is 2. The van der Waals surface area contributed by atoms with Crippen LogP contribution in [-0.2, 0) is 19.7 Å². The highest BCUT2D eigenvalue weighted by Crippen LogP contribution is 2.50. The number of nitro benzene ring substituents is 1. The lowest BCUT2D eigenvalue weighted by Crippen LogP contribution is -2.20. The molecule has 0 unspecified atom stereocenters. The third-order valence-electron chi connectivity index (χ3n) is 3.52. The first kappa shape index (κ1) is 15.7. The predicted octanol–water partition coefficient (Wildman–Crippen LogP) is 1.65. The van der Waals surface area contributed by atoms with Crippen molar-refractivity contribution in [3.05, 3.63) is 33.9 Å². The van der Waals surface area contributed by atoms with Gasteiger partial charge >= 0.3 is 17.6 Å². The quantitative estimate of drug-likeness (QED) is 0.462. The SMILES string of the molecule is CCOC(=O)COc1cc(C2(C(=O)O)CC2)ccc1[N+](=O)[O-]. The zero-order valence-electron chi connectivity index (χ0n) is 11.9. The molecule has 1 N–H and O–H groups in total. The molecular weight excluding hydrogens is 294 g/mol. The van der Waals surface area contributed by atoms with Crippen molar-refractivity contribution < 1.29 is 29.1 Å². The topological polar surface area (TPSA) is 116 Å². The summed E-state index contributed by atoms with van der Waals surface area (Å²) in [7, 11) is 0. The molecule has 0 bridgehead atoms. The van der Waals surface area contributed by atoms with Gasteiger partial charge in [0.1, 0.15) is 0 Å². The van der Waals surface area contributed by atoms with E-state index in [4.69, 9.17) is 4.74 Å². The summed E-state index contributed by atoms with van der Waals surface area (Å²) >= 11 is 0. The van der Waals surface area contributed by atoms with Gasteiger partial charge in [-0.2, -0.15) is 0 Å². The Hall–Kier alpha value is -2.64. The highest BCUT2D eigenvalue weighted by Gasteiger charge is 2.52. The Bertz CT molecular complexity index is 622. The molecule has 1 aromatic carbocycles. The summed E-state index contributed by atoms with van der Waals surface area (Å²) in [6.45, 7) is 1.33. The van der Waals surface area contributed by atoms with Crippen molar-refractivity contribution in [1.29, 1.82) is 0 Å². The van der Waals surface area contributed by atoms with Crippen LogP contribution in [0.15, 0.2) is 18.2 Å². The number of esters is 1. The number of carbonyl (C=O) groups excluding carboxylic acids is 1. The van der Waals surface area contributed by atoms with Crippen LogP contribution in [0.25, 0.3) is 0 Å². The van der Waals surface area contributed by atoms with Crippen molar-refractivity contribution in [2.24, 2.45) is 0 Å². The van der Waals surface area contributed by atoms with E-state index in [1.807, 2.05) is 0 Å². The van der Waals surface area contributed by atoms with E-state index in [1.165, 1.54) is 18.2 Å². The summed E-state index contributed by atoms with van der Waals surface area (Å²) in [4.78, 5) is 33.0. The number of rotatable bonds is 7. The molecule has 22 heavy (non-hydrogen) atoms. The molecule has 0 heterocycles. The van der Waals surface area contributed by atoms with Crippen molar-refractivity contribution in [2.75, 3.05) is 13.2 Å². The van der Waals surface area contributed by atoms with E-state index >= 15 is 0 Å². The third-order valence-corrected chi connectivity index (χ3v) is 3.52. The van der Waals surface area contributed by atoms with Crippen LogP contribution in [-0.4, -0.2) is 35.2 Å². The molecule has 0 radical (unpaired) electrons. The minimum absolute atomic E-state index is 0.136. The minimum atomic E-state index is -1.00. The summed E-state index contributed by atoms with van der Waals surface area (Å²) in [6.07, 6.45) is 0.939. The number of aliphatic carboxylic acids is 1. The van der Waals surface area contributed by atoms with Gasteiger partial charge in [-0.05, 0) is 31.4 Å². The number of nitro groups is 1. The van der Waals surface area contributed by atoms with Gasteiger partial charge in [-0.15, -0.1) is 0 Å². The standard InChI is InChI=1S/C14H15NO7/c1-2-21-12(16)8-22-11-7-9(3-4-10(11)15(19)20)14(5-6-14)13(17)18/h3-4,7H,2,5-6,8H2,1H3,(H,17,18). The molecule has 0 saturated heterocycles. The second-order valence-electron chi connectivity index (χ2n) is 4.92. The first-order chi connectivity index (χ1) is 10.4. The monoisotopic (exact) mass is 309 g/mol. The van der Waals surface area contributed by atoms with E-state index in [2.05, 4.69) is 4.74 Å². The normalized spacial score (nSPS) is 15.0. The van der Waals surface area contributed by atoms with Gasteiger partial charge in [-0.3, -0.25) is 14.9 Å². The van der Waals surface area contributed by atoms with Crippen molar-refractivity contribution in [3.8, 4) is 5.75 Å². The molecular formula is C14H15NO7. The molecule has 1 aliphatic rings.